The molecule has 0 aliphatic rings. The molecule has 0 fully saturated rings. The van der Waals surface area contributed by atoms with Crippen molar-refractivity contribution in [2.75, 3.05) is 11.3 Å². The predicted molar refractivity (Wildman–Crippen MR) is 103 cm³/mol. The highest BCUT2D eigenvalue weighted by Crippen LogP contribution is 2.17. The molecule has 1 amide bonds. The number of benzene rings is 2. The van der Waals surface area contributed by atoms with Gasteiger partial charge in [0.25, 0.3) is 15.9 Å². The number of rotatable bonds is 9. The number of nitrogens with two attached hydrogens (primary N) is 1. The van der Waals surface area contributed by atoms with E-state index in [2.05, 4.69) is 17.0 Å². The van der Waals surface area contributed by atoms with Crippen molar-refractivity contribution >= 4 is 21.6 Å². The highest BCUT2D eigenvalue weighted by Gasteiger charge is 2.15. The first-order valence-corrected chi connectivity index (χ1v) is 10.2. The molecule has 0 radical (unpaired) electrons. The van der Waals surface area contributed by atoms with Gasteiger partial charge in [0.05, 0.1) is 4.90 Å². The second kappa shape index (κ2) is 9.48. The van der Waals surface area contributed by atoms with Crippen LogP contribution in [0.3, 0.4) is 0 Å². The average Bonchev–Trinajstić information content (AvgIpc) is 2.65. The maximum absolute atomic E-state index is 12.9. The molecule has 6 nitrogen and oxygen atoms in total. The van der Waals surface area contributed by atoms with Crippen LogP contribution in [0, 0.1) is 5.82 Å². The molecule has 0 bridgehead atoms. The van der Waals surface area contributed by atoms with Gasteiger partial charge in [-0.1, -0.05) is 19.8 Å². The Labute approximate surface area is 159 Å². The van der Waals surface area contributed by atoms with E-state index in [1.54, 1.807) is 0 Å². The Morgan fingerprint density at radius 3 is 2.30 bits per heavy atom. The highest BCUT2D eigenvalue weighted by molar-refractivity contribution is 7.92. The van der Waals surface area contributed by atoms with Crippen molar-refractivity contribution in [1.82, 2.24) is 5.32 Å². The molecular formula is C19H24FN3O3S. The van der Waals surface area contributed by atoms with Crippen LogP contribution in [0.5, 0.6) is 0 Å². The van der Waals surface area contributed by atoms with Gasteiger partial charge < -0.3 is 11.1 Å². The summed E-state index contributed by atoms with van der Waals surface area (Å²) in [5.74, 6) is -0.770. The number of anilines is 1. The van der Waals surface area contributed by atoms with E-state index in [4.69, 9.17) is 5.73 Å². The quantitative estimate of drug-likeness (QED) is 0.610. The predicted octanol–water partition coefficient (Wildman–Crippen LogP) is 2.87. The summed E-state index contributed by atoms with van der Waals surface area (Å²) in [7, 11) is -3.83. The second-order valence-corrected chi connectivity index (χ2v) is 7.87. The molecule has 0 heterocycles. The molecule has 146 valence electrons. The van der Waals surface area contributed by atoms with Crippen LogP contribution in [0.2, 0.25) is 0 Å². The van der Waals surface area contributed by atoms with Gasteiger partial charge in [-0.05, 0) is 55.0 Å². The smallest absolute Gasteiger partial charge is 0.261 e. The van der Waals surface area contributed by atoms with Crippen LogP contribution < -0.4 is 15.8 Å². The van der Waals surface area contributed by atoms with Crippen LogP contribution in [-0.4, -0.2) is 26.9 Å². The van der Waals surface area contributed by atoms with Gasteiger partial charge in [-0.15, -0.1) is 0 Å². The van der Waals surface area contributed by atoms with Crippen molar-refractivity contribution in [2.45, 2.75) is 37.1 Å². The number of sulfonamides is 1. The van der Waals surface area contributed by atoms with Crippen LogP contribution in [0.15, 0.2) is 53.4 Å². The SMILES string of the molecule is CCCCC(CN)NC(=O)c1ccc(NS(=O)(=O)c2ccc(F)cc2)cc1. The van der Waals surface area contributed by atoms with Gasteiger partial charge in [0, 0.05) is 23.8 Å². The highest BCUT2D eigenvalue weighted by atomic mass is 32.2. The third-order valence-electron chi connectivity index (χ3n) is 4.05. The summed E-state index contributed by atoms with van der Waals surface area (Å²) in [4.78, 5) is 12.2. The Morgan fingerprint density at radius 2 is 1.74 bits per heavy atom. The molecule has 4 N–H and O–H groups in total. The lowest BCUT2D eigenvalue weighted by molar-refractivity contribution is 0.0936. The van der Waals surface area contributed by atoms with E-state index >= 15 is 0 Å². The zero-order valence-electron chi connectivity index (χ0n) is 15.1. The maximum Gasteiger partial charge on any atom is 0.261 e. The van der Waals surface area contributed by atoms with Crippen molar-refractivity contribution in [1.29, 1.82) is 0 Å². The number of unbranched alkanes of at least 4 members (excludes halogenated alkanes) is 1. The molecule has 2 rings (SSSR count). The first kappa shape index (κ1) is 20.9. The van der Waals surface area contributed by atoms with Crippen molar-refractivity contribution in [2.24, 2.45) is 5.73 Å². The molecule has 0 aliphatic heterocycles. The zero-order chi connectivity index (χ0) is 19.9. The zero-order valence-corrected chi connectivity index (χ0v) is 15.9. The van der Waals surface area contributed by atoms with Crippen LogP contribution >= 0.6 is 0 Å². The fourth-order valence-electron chi connectivity index (χ4n) is 2.49. The summed E-state index contributed by atoms with van der Waals surface area (Å²) in [5, 5.41) is 2.88. The summed E-state index contributed by atoms with van der Waals surface area (Å²) < 4.78 is 39.9. The minimum Gasteiger partial charge on any atom is -0.348 e. The molecule has 1 atom stereocenters. The van der Waals surface area contributed by atoms with Gasteiger partial charge in [-0.2, -0.15) is 0 Å². The largest absolute Gasteiger partial charge is 0.348 e. The topological polar surface area (TPSA) is 101 Å². The lowest BCUT2D eigenvalue weighted by Gasteiger charge is -2.16. The molecule has 2 aromatic rings. The standard InChI is InChI=1S/C19H24FN3O3S/c1-2-3-4-17(13-21)22-19(24)14-5-9-16(10-6-14)23-27(25,26)18-11-7-15(20)8-12-18/h5-12,17,23H,2-4,13,21H2,1H3,(H,22,24). The molecule has 27 heavy (non-hydrogen) atoms. The number of halogens is 1. The summed E-state index contributed by atoms with van der Waals surface area (Å²) in [5.41, 5.74) is 6.40. The summed E-state index contributed by atoms with van der Waals surface area (Å²) in [6.07, 6.45) is 2.82. The molecule has 1 unspecified atom stereocenters. The number of nitrogens with one attached hydrogen (secondary N) is 2. The number of amides is 1. The van der Waals surface area contributed by atoms with Crippen LogP contribution in [0.1, 0.15) is 36.5 Å². The molecule has 0 saturated carbocycles. The van der Waals surface area contributed by atoms with Crippen LogP contribution in [0.25, 0.3) is 0 Å². The molecule has 0 aromatic heterocycles. The van der Waals surface area contributed by atoms with E-state index in [1.807, 2.05) is 0 Å². The van der Waals surface area contributed by atoms with Crippen LogP contribution in [0.4, 0.5) is 10.1 Å². The minimum absolute atomic E-state index is 0.0487. The van der Waals surface area contributed by atoms with Gasteiger partial charge in [0.2, 0.25) is 0 Å². The van der Waals surface area contributed by atoms with Crippen molar-refractivity contribution in [3.8, 4) is 0 Å². The Morgan fingerprint density at radius 1 is 1.11 bits per heavy atom. The molecule has 0 saturated heterocycles. The lowest BCUT2D eigenvalue weighted by atomic mass is 10.1. The van der Waals surface area contributed by atoms with E-state index in [1.165, 1.54) is 36.4 Å². The Kier molecular flexibility index (Phi) is 7.32. The summed E-state index contributed by atoms with van der Waals surface area (Å²) in [6.45, 7) is 2.43. The van der Waals surface area contributed by atoms with Crippen molar-refractivity contribution < 1.29 is 17.6 Å². The van der Waals surface area contributed by atoms with Crippen LogP contribution in [-0.2, 0) is 10.0 Å². The van der Waals surface area contributed by atoms with E-state index in [9.17, 15) is 17.6 Å². The van der Waals surface area contributed by atoms with Gasteiger partial charge in [-0.25, -0.2) is 12.8 Å². The molecule has 0 spiro atoms. The number of carbonyl (C=O) groups is 1. The Bertz CT molecular complexity index is 853. The Balaban J connectivity index is 2.04. The van der Waals surface area contributed by atoms with Crippen molar-refractivity contribution in [3.05, 3.63) is 59.9 Å². The number of hydrogen-bond acceptors (Lipinski definition) is 4. The average molecular weight is 393 g/mol. The summed E-state index contributed by atoms with van der Waals surface area (Å²) in [6, 6.07) is 10.5. The number of hydrogen-bond donors (Lipinski definition) is 3. The lowest BCUT2D eigenvalue weighted by Crippen LogP contribution is -2.40. The normalized spacial score (nSPS) is 12.4. The number of carbonyl (C=O) groups excluding carboxylic acids is 1. The van der Waals surface area contributed by atoms with Gasteiger partial charge in [0.1, 0.15) is 5.82 Å². The van der Waals surface area contributed by atoms with Gasteiger partial charge in [-0.3, -0.25) is 9.52 Å². The molecule has 8 heteroatoms. The third-order valence-corrected chi connectivity index (χ3v) is 5.45. The fraction of sp³-hybridized carbons (Fsp3) is 0.316. The van der Waals surface area contributed by atoms with E-state index in [0.29, 0.717) is 17.8 Å². The fourth-order valence-corrected chi connectivity index (χ4v) is 3.54. The first-order chi connectivity index (χ1) is 12.9. The minimum atomic E-state index is -3.83. The first-order valence-electron chi connectivity index (χ1n) is 8.75. The monoisotopic (exact) mass is 393 g/mol. The molecular weight excluding hydrogens is 369 g/mol. The maximum atomic E-state index is 12.9. The van der Waals surface area contributed by atoms with E-state index in [0.717, 1.165) is 31.4 Å². The molecule has 2 aromatic carbocycles. The van der Waals surface area contributed by atoms with Crippen molar-refractivity contribution in [3.63, 3.8) is 0 Å². The van der Waals surface area contributed by atoms with E-state index in [-0.39, 0.29) is 16.8 Å². The molecule has 0 aliphatic carbocycles. The van der Waals surface area contributed by atoms with E-state index < -0.39 is 15.8 Å². The third kappa shape index (κ3) is 6.04. The van der Waals surface area contributed by atoms with Gasteiger partial charge >= 0.3 is 0 Å². The van der Waals surface area contributed by atoms with Gasteiger partial charge in [0.15, 0.2) is 0 Å². The Hall–Kier alpha value is -2.45. The summed E-state index contributed by atoms with van der Waals surface area (Å²) >= 11 is 0. The second-order valence-electron chi connectivity index (χ2n) is 6.19.